The average molecular weight is 283 g/mol. The summed E-state index contributed by atoms with van der Waals surface area (Å²) in [5, 5.41) is 1.09. The Balaban J connectivity index is 1.55. The van der Waals surface area contributed by atoms with E-state index in [0.717, 1.165) is 49.0 Å². The molecule has 7 heteroatoms. The summed E-state index contributed by atoms with van der Waals surface area (Å²) in [5.74, 6) is 2.05. The Morgan fingerprint density at radius 1 is 1.05 bits per heavy atom. The highest BCUT2D eigenvalue weighted by molar-refractivity contribution is 5.87. The molecule has 0 saturated carbocycles. The molecule has 1 N–H and O–H groups in total. The molecule has 7 nitrogen and oxygen atoms in total. The van der Waals surface area contributed by atoms with Gasteiger partial charge in [-0.2, -0.15) is 0 Å². The van der Waals surface area contributed by atoms with Crippen molar-refractivity contribution in [2.75, 3.05) is 36.0 Å². The van der Waals surface area contributed by atoms with E-state index in [1.165, 1.54) is 0 Å². The van der Waals surface area contributed by atoms with Gasteiger partial charge in [0.25, 0.3) is 0 Å². The van der Waals surface area contributed by atoms with Gasteiger partial charge in [0.2, 0.25) is 5.95 Å². The summed E-state index contributed by atoms with van der Waals surface area (Å²) in [5.41, 5.74) is 0.895. The number of aromatic nitrogens is 5. The Labute approximate surface area is 122 Å². The zero-order chi connectivity index (χ0) is 14.2. The molecule has 4 rings (SSSR count). The SMILES string of the molecule is Cn1ccnc1N1CCN(c2ncnc3[nH]ccc23)CC1. The molecule has 1 aliphatic heterocycles. The summed E-state index contributed by atoms with van der Waals surface area (Å²) in [4.78, 5) is 20.9. The molecule has 4 heterocycles. The van der Waals surface area contributed by atoms with E-state index in [1.54, 1.807) is 6.33 Å². The molecule has 0 aromatic carbocycles. The lowest BCUT2D eigenvalue weighted by molar-refractivity contribution is 0.626. The van der Waals surface area contributed by atoms with Crippen LogP contribution in [0.5, 0.6) is 0 Å². The monoisotopic (exact) mass is 283 g/mol. The van der Waals surface area contributed by atoms with E-state index >= 15 is 0 Å². The van der Waals surface area contributed by atoms with Crippen molar-refractivity contribution in [2.24, 2.45) is 7.05 Å². The minimum Gasteiger partial charge on any atom is -0.352 e. The van der Waals surface area contributed by atoms with Gasteiger partial charge in [0.05, 0.1) is 5.39 Å². The minimum atomic E-state index is 0.895. The van der Waals surface area contributed by atoms with E-state index < -0.39 is 0 Å². The predicted molar refractivity (Wildman–Crippen MR) is 81.5 cm³/mol. The van der Waals surface area contributed by atoms with Crippen LogP contribution in [0.3, 0.4) is 0 Å². The van der Waals surface area contributed by atoms with E-state index in [1.807, 2.05) is 31.7 Å². The summed E-state index contributed by atoms with van der Waals surface area (Å²) in [6.45, 7) is 3.76. The van der Waals surface area contributed by atoms with Gasteiger partial charge in [-0.15, -0.1) is 0 Å². The normalized spacial score (nSPS) is 15.9. The van der Waals surface area contributed by atoms with Crippen LogP contribution in [-0.4, -0.2) is 50.7 Å². The molecule has 0 radical (unpaired) electrons. The lowest BCUT2D eigenvalue weighted by Gasteiger charge is -2.36. The van der Waals surface area contributed by atoms with Crippen LogP contribution >= 0.6 is 0 Å². The fraction of sp³-hybridized carbons (Fsp3) is 0.357. The molecule has 0 bridgehead atoms. The van der Waals surface area contributed by atoms with Crippen LogP contribution in [0.15, 0.2) is 31.0 Å². The van der Waals surface area contributed by atoms with E-state index in [9.17, 15) is 0 Å². The van der Waals surface area contributed by atoms with Crippen LogP contribution in [-0.2, 0) is 7.05 Å². The molecule has 3 aromatic heterocycles. The van der Waals surface area contributed by atoms with Crippen molar-refractivity contribution in [1.82, 2.24) is 24.5 Å². The second-order valence-corrected chi connectivity index (χ2v) is 5.25. The van der Waals surface area contributed by atoms with Gasteiger partial charge in [0.1, 0.15) is 17.8 Å². The molecule has 0 aliphatic carbocycles. The van der Waals surface area contributed by atoms with E-state index in [0.29, 0.717) is 0 Å². The van der Waals surface area contributed by atoms with Gasteiger partial charge in [-0.3, -0.25) is 0 Å². The number of imidazole rings is 1. The van der Waals surface area contributed by atoms with E-state index in [4.69, 9.17) is 0 Å². The number of nitrogens with one attached hydrogen (secondary N) is 1. The number of aryl methyl sites for hydroxylation is 1. The third-order valence-corrected chi connectivity index (χ3v) is 3.99. The fourth-order valence-corrected chi connectivity index (χ4v) is 2.89. The van der Waals surface area contributed by atoms with Gasteiger partial charge in [-0.1, -0.05) is 0 Å². The summed E-state index contributed by atoms with van der Waals surface area (Å²) in [7, 11) is 2.03. The van der Waals surface area contributed by atoms with Gasteiger partial charge in [0.15, 0.2) is 0 Å². The number of aromatic amines is 1. The lowest BCUT2D eigenvalue weighted by Crippen LogP contribution is -2.47. The number of nitrogens with zero attached hydrogens (tertiary/aromatic N) is 6. The first-order valence-corrected chi connectivity index (χ1v) is 7.08. The zero-order valence-electron chi connectivity index (χ0n) is 11.9. The topological polar surface area (TPSA) is 65.9 Å². The zero-order valence-corrected chi connectivity index (χ0v) is 11.9. The number of hydrogen-bond donors (Lipinski definition) is 1. The molecule has 0 amide bonds. The predicted octanol–water partition coefficient (Wildman–Crippen LogP) is 1.02. The van der Waals surface area contributed by atoms with Gasteiger partial charge < -0.3 is 19.4 Å². The minimum absolute atomic E-state index is 0.895. The molecular formula is C14H17N7. The molecule has 0 atom stereocenters. The van der Waals surface area contributed by atoms with E-state index in [-0.39, 0.29) is 0 Å². The number of piperazine rings is 1. The second-order valence-electron chi connectivity index (χ2n) is 5.25. The van der Waals surface area contributed by atoms with Crippen LogP contribution in [0.2, 0.25) is 0 Å². The molecule has 1 aliphatic rings. The van der Waals surface area contributed by atoms with Gasteiger partial charge in [-0.25, -0.2) is 15.0 Å². The molecule has 1 fully saturated rings. The van der Waals surface area contributed by atoms with Crippen LogP contribution in [0.4, 0.5) is 11.8 Å². The van der Waals surface area contributed by atoms with Crippen LogP contribution < -0.4 is 9.80 Å². The molecule has 0 spiro atoms. The van der Waals surface area contributed by atoms with Crippen molar-refractivity contribution in [3.63, 3.8) is 0 Å². The number of H-pyrrole nitrogens is 1. The Kier molecular flexibility index (Phi) is 2.77. The summed E-state index contributed by atoms with van der Waals surface area (Å²) >= 11 is 0. The maximum Gasteiger partial charge on any atom is 0.205 e. The highest BCUT2D eigenvalue weighted by Gasteiger charge is 2.22. The van der Waals surface area contributed by atoms with Crippen molar-refractivity contribution in [2.45, 2.75) is 0 Å². The van der Waals surface area contributed by atoms with Gasteiger partial charge in [0, 0.05) is 51.8 Å². The van der Waals surface area contributed by atoms with Gasteiger partial charge >= 0.3 is 0 Å². The summed E-state index contributed by atoms with van der Waals surface area (Å²) in [6.07, 6.45) is 7.36. The van der Waals surface area contributed by atoms with E-state index in [2.05, 4.69) is 34.3 Å². The summed E-state index contributed by atoms with van der Waals surface area (Å²) in [6, 6.07) is 2.04. The molecule has 3 aromatic rings. The molecule has 108 valence electrons. The Bertz CT molecular complexity index is 751. The molecule has 0 unspecified atom stereocenters. The first-order valence-electron chi connectivity index (χ1n) is 7.08. The first kappa shape index (κ1) is 12.2. The third-order valence-electron chi connectivity index (χ3n) is 3.99. The maximum absolute atomic E-state index is 4.46. The van der Waals surface area contributed by atoms with Crippen molar-refractivity contribution in [3.05, 3.63) is 31.0 Å². The van der Waals surface area contributed by atoms with Gasteiger partial charge in [-0.05, 0) is 6.07 Å². The highest BCUT2D eigenvalue weighted by Crippen LogP contribution is 2.23. The third kappa shape index (κ3) is 2.01. The maximum atomic E-state index is 4.46. The molecular weight excluding hydrogens is 266 g/mol. The van der Waals surface area contributed by atoms with Crippen LogP contribution in [0, 0.1) is 0 Å². The van der Waals surface area contributed by atoms with Crippen LogP contribution in [0.1, 0.15) is 0 Å². The Hall–Kier alpha value is -2.57. The first-order chi connectivity index (χ1) is 10.3. The molecule has 21 heavy (non-hydrogen) atoms. The largest absolute Gasteiger partial charge is 0.352 e. The smallest absolute Gasteiger partial charge is 0.205 e. The van der Waals surface area contributed by atoms with Crippen molar-refractivity contribution >= 4 is 22.8 Å². The van der Waals surface area contributed by atoms with Crippen molar-refractivity contribution < 1.29 is 0 Å². The number of rotatable bonds is 2. The van der Waals surface area contributed by atoms with Crippen molar-refractivity contribution in [1.29, 1.82) is 0 Å². The number of fused-ring (bicyclic) bond motifs is 1. The second kappa shape index (κ2) is 4.76. The summed E-state index contributed by atoms with van der Waals surface area (Å²) < 4.78 is 2.06. The fourth-order valence-electron chi connectivity index (χ4n) is 2.89. The Morgan fingerprint density at radius 2 is 1.86 bits per heavy atom. The standard InChI is InChI=1S/C14H17N7/c1-19-5-4-16-14(19)21-8-6-20(7-9-21)13-11-2-3-15-12(11)17-10-18-13/h2-5,10H,6-9H2,1H3,(H,15,17,18). The Morgan fingerprint density at radius 3 is 2.62 bits per heavy atom. The average Bonchev–Trinajstić information content (AvgIpc) is 3.15. The quantitative estimate of drug-likeness (QED) is 0.760. The number of anilines is 2. The highest BCUT2D eigenvalue weighted by atomic mass is 15.4. The van der Waals surface area contributed by atoms with Crippen LogP contribution in [0.25, 0.3) is 11.0 Å². The molecule has 1 saturated heterocycles. The number of hydrogen-bond acceptors (Lipinski definition) is 5. The lowest BCUT2D eigenvalue weighted by atomic mass is 10.3. The van der Waals surface area contributed by atoms with Crippen molar-refractivity contribution in [3.8, 4) is 0 Å².